The summed E-state index contributed by atoms with van der Waals surface area (Å²) in [4.78, 5) is 1.98. The van der Waals surface area contributed by atoms with Crippen molar-refractivity contribution < 1.29 is 30.9 Å². The second-order valence-electron chi connectivity index (χ2n) is 11.7. The van der Waals surface area contributed by atoms with E-state index in [1.807, 2.05) is 92.7 Å². The minimum absolute atomic E-state index is 0.164. The number of rotatable bonds is 5. The van der Waals surface area contributed by atoms with Crippen LogP contribution in [0, 0.1) is 20.8 Å². The summed E-state index contributed by atoms with van der Waals surface area (Å²) in [6.07, 6.45) is -7.99. The Labute approximate surface area is 263 Å². The molecule has 0 saturated heterocycles. The Hall–Kier alpha value is -4.85. The Morgan fingerprint density at radius 1 is 0.587 bits per heavy atom. The van der Waals surface area contributed by atoms with E-state index in [9.17, 15) is 26.3 Å². The van der Waals surface area contributed by atoms with E-state index in [2.05, 4.69) is 16.7 Å². The molecule has 0 saturated carbocycles. The van der Waals surface area contributed by atoms with E-state index in [0.717, 1.165) is 45.6 Å². The molecule has 5 aromatic carbocycles. The molecule has 1 aliphatic heterocycles. The highest BCUT2D eigenvalue weighted by Gasteiger charge is 2.47. The molecule has 46 heavy (non-hydrogen) atoms. The lowest BCUT2D eigenvalue weighted by Gasteiger charge is -2.26. The van der Waals surface area contributed by atoms with Crippen LogP contribution in [0.2, 0.25) is 0 Å². The summed E-state index contributed by atoms with van der Waals surface area (Å²) >= 11 is 0. The normalized spacial score (nSPS) is 16.9. The predicted octanol–water partition coefficient (Wildman–Crippen LogP) is 11.0. The van der Waals surface area contributed by atoms with E-state index >= 15 is 0 Å². The Balaban J connectivity index is 1.64. The lowest BCUT2D eigenvalue weighted by atomic mass is 9.90. The number of benzene rings is 5. The summed E-state index contributed by atoms with van der Waals surface area (Å²) < 4.78 is 85.7. The van der Waals surface area contributed by atoms with Gasteiger partial charge in [0.05, 0.1) is 11.1 Å². The average Bonchev–Trinajstić information content (AvgIpc) is 3.40. The van der Waals surface area contributed by atoms with Crippen LogP contribution < -0.4 is 4.90 Å². The van der Waals surface area contributed by atoms with Crippen molar-refractivity contribution in [3.8, 4) is 11.1 Å². The van der Waals surface area contributed by atoms with Gasteiger partial charge in [0.15, 0.2) is 12.1 Å². The van der Waals surface area contributed by atoms with E-state index < -0.39 is 29.5 Å². The van der Waals surface area contributed by atoms with Gasteiger partial charge in [0.1, 0.15) is 11.4 Å². The Kier molecular flexibility index (Phi) is 8.00. The molecule has 0 amide bonds. The van der Waals surface area contributed by atoms with Gasteiger partial charge in [0.2, 0.25) is 6.34 Å². The highest BCUT2D eigenvalue weighted by Crippen LogP contribution is 2.49. The van der Waals surface area contributed by atoms with E-state index in [1.165, 1.54) is 0 Å². The molecular weight excluding hydrogens is 598 g/mol. The molecule has 234 valence electrons. The van der Waals surface area contributed by atoms with Crippen LogP contribution in [-0.2, 0) is 12.4 Å². The maximum absolute atomic E-state index is 13.9. The second-order valence-corrected chi connectivity index (χ2v) is 11.7. The zero-order valence-electron chi connectivity index (χ0n) is 25.4. The van der Waals surface area contributed by atoms with Crippen molar-refractivity contribution in [3.63, 3.8) is 0 Å². The predicted molar refractivity (Wildman–Crippen MR) is 169 cm³/mol. The first-order valence-corrected chi connectivity index (χ1v) is 14.8. The standard InChI is InChI=1S/C38H31F6N2/c1-24-18-25(2)34(26(3)19-24)46-23-45(35(27-12-6-4-7-13-27)36(46)28-14-8-5-9-15-28)33-17-11-10-16-32(33)29-20-30(37(39,40)41)22-31(21-29)38(42,43)44/h4-23,35-36H,1-3H3/q+1/t35-,36-/m1/s1. The average molecular weight is 630 g/mol. The molecule has 1 heterocycles. The van der Waals surface area contributed by atoms with Crippen molar-refractivity contribution >= 4 is 17.7 Å². The molecule has 0 fully saturated rings. The molecule has 0 unspecified atom stereocenters. The van der Waals surface area contributed by atoms with Crippen molar-refractivity contribution in [1.29, 1.82) is 0 Å². The summed E-state index contributed by atoms with van der Waals surface area (Å²) in [5, 5.41) is 0. The van der Waals surface area contributed by atoms with Crippen LogP contribution in [-0.4, -0.2) is 10.9 Å². The number of nitrogens with zero attached hydrogens (tertiary/aromatic N) is 2. The minimum atomic E-state index is -4.97. The van der Waals surface area contributed by atoms with E-state index in [-0.39, 0.29) is 23.2 Å². The van der Waals surface area contributed by atoms with Gasteiger partial charge >= 0.3 is 12.4 Å². The topological polar surface area (TPSA) is 6.25 Å². The third-order valence-electron chi connectivity index (χ3n) is 8.40. The Bertz CT molecular complexity index is 1850. The fourth-order valence-electron chi connectivity index (χ4n) is 6.61. The Morgan fingerprint density at radius 2 is 1.09 bits per heavy atom. The number of anilines is 1. The molecule has 0 aromatic heterocycles. The van der Waals surface area contributed by atoms with Gasteiger partial charge in [0.25, 0.3) is 0 Å². The first-order valence-electron chi connectivity index (χ1n) is 14.8. The highest BCUT2D eigenvalue weighted by molar-refractivity contribution is 5.90. The summed E-state index contributed by atoms with van der Waals surface area (Å²) in [5.41, 5.74) is 3.98. The number of halogens is 6. The number of hydrogen-bond donors (Lipinski definition) is 0. The maximum atomic E-state index is 13.9. The second kappa shape index (κ2) is 11.8. The molecule has 1 aliphatic rings. The van der Waals surface area contributed by atoms with E-state index in [4.69, 9.17) is 0 Å². The van der Waals surface area contributed by atoms with E-state index in [0.29, 0.717) is 5.69 Å². The van der Waals surface area contributed by atoms with Gasteiger partial charge in [-0.3, -0.25) is 0 Å². The fraction of sp³-hybridized carbons (Fsp3) is 0.184. The molecular formula is C38H31F6N2+. The van der Waals surface area contributed by atoms with Gasteiger partial charge < -0.3 is 0 Å². The lowest BCUT2D eigenvalue weighted by Crippen LogP contribution is -2.26. The zero-order valence-corrected chi connectivity index (χ0v) is 25.4. The van der Waals surface area contributed by atoms with Crippen LogP contribution >= 0.6 is 0 Å². The van der Waals surface area contributed by atoms with Crippen LogP contribution in [0.3, 0.4) is 0 Å². The van der Waals surface area contributed by atoms with Gasteiger partial charge in [-0.05, 0) is 61.7 Å². The molecule has 0 N–H and O–H groups in total. The number of para-hydroxylation sites is 1. The van der Waals surface area contributed by atoms with Gasteiger partial charge in [-0.25, -0.2) is 9.48 Å². The minimum Gasteiger partial charge on any atom is -0.221 e. The van der Waals surface area contributed by atoms with Crippen molar-refractivity contribution in [2.24, 2.45) is 0 Å². The van der Waals surface area contributed by atoms with Crippen LogP contribution in [0.1, 0.15) is 51.0 Å². The largest absolute Gasteiger partial charge is 0.416 e. The van der Waals surface area contributed by atoms with E-state index in [1.54, 1.807) is 24.3 Å². The smallest absolute Gasteiger partial charge is 0.221 e. The first kappa shape index (κ1) is 31.1. The van der Waals surface area contributed by atoms with Crippen LogP contribution in [0.5, 0.6) is 0 Å². The highest BCUT2D eigenvalue weighted by atomic mass is 19.4. The van der Waals surface area contributed by atoms with Crippen LogP contribution in [0.4, 0.5) is 37.7 Å². The molecule has 6 rings (SSSR count). The summed E-state index contributed by atoms with van der Waals surface area (Å²) in [5.74, 6) is 0. The molecule has 0 aliphatic carbocycles. The van der Waals surface area contributed by atoms with Gasteiger partial charge in [-0.1, -0.05) is 96.6 Å². The number of aryl methyl sites for hydroxylation is 3. The zero-order chi connectivity index (χ0) is 32.8. The monoisotopic (exact) mass is 629 g/mol. The van der Waals surface area contributed by atoms with Gasteiger partial charge in [-0.2, -0.15) is 26.3 Å². The third-order valence-corrected chi connectivity index (χ3v) is 8.40. The Morgan fingerprint density at radius 3 is 1.63 bits per heavy atom. The fourth-order valence-corrected chi connectivity index (χ4v) is 6.61. The van der Waals surface area contributed by atoms with Gasteiger partial charge in [0, 0.05) is 16.7 Å². The molecule has 0 spiro atoms. The van der Waals surface area contributed by atoms with Crippen molar-refractivity contribution in [1.82, 2.24) is 0 Å². The molecule has 0 bridgehead atoms. The van der Waals surface area contributed by atoms with Gasteiger partial charge in [-0.15, -0.1) is 0 Å². The molecule has 0 radical (unpaired) electrons. The number of alkyl halides is 6. The molecule has 5 aromatic rings. The molecule has 2 atom stereocenters. The van der Waals surface area contributed by atoms with Crippen LogP contribution in [0.25, 0.3) is 11.1 Å². The quantitative estimate of drug-likeness (QED) is 0.139. The first-order chi connectivity index (χ1) is 21.8. The lowest BCUT2D eigenvalue weighted by molar-refractivity contribution is -0.482. The molecule has 8 heteroatoms. The van der Waals surface area contributed by atoms with Crippen molar-refractivity contribution in [3.05, 3.63) is 154 Å². The molecule has 2 nitrogen and oxygen atoms in total. The van der Waals surface area contributed by atoms with Crippen molar-refractivity contribution in [2.45, 2.75) is 45.2 Å². The SMILES string of the molecule is Cc1cc(C)c([N+]2=CN(c3ccccc3-c3cc(C(F)(F)F)cc(C(F)(F)F)c3)[C@H](c3ccccc3)[C@H]2c2ccccc2)c(C)c1. The summed E-state index contributed by atoms with van der Waals surface area (Å²) in [6, 6.07) is 31.7. The maximum Gasteiger partial charge on any atom is 0.416 e. The summed E-state index contributed by atoms with van der Waals surface area (Å²) in [7, 11) is 0. The number of hydrogen-bond acceptors (Lipinski definition) is 1. The third kappa shape index (κ3) is 5.91. The summed E-state index contributed by atoms with van der Waals surface area (Å²) in [6.45, 7) is 6.12. The van der Waals surface area contributed by atoms with Crippen LogP contribution in [0.15, 0.2) is 115 Å². The van der Waals surface area contributed by atoms with Crippen molar-refractivity contribution in [2.75, 3.05) is 4.90 Å².